The van der Waals surface area contributed by atoms with E-state index in [0.29, 0.717) is 17.2 Å². The van der Waals surface area contributed by atoms with Crippen LogP contribution in [0.5, 0.6) is 17.2 Å². The van der Waals surface area contributed by atoms with Crippen LogP contribution in [0, 0.1) is 0 Å². The van der Waals surface area contributed by atoms with E-state index in [-0.39, 0.29) is 0 Å². The minimum atomic E-state index is 0.611. The van der Waals surface area contributed by atoms with Crippen LogP contribution >= 0.6 is 0 Å². The first-order chi connectivity index (χ1) is 9.76. The van der Waals surface area contributed by atoms with Gasteiger partial charge in [-0.3, -0.25) is 0 Å². The molecule has 0 aliphatic heterocycles. The van der Waals surface area contributed by atoms with Gasteiger partial charge in [-0.25, -0.2) is 0 Å². The maximum absolute atomic E-state index is 5.95. The molecule has 0 aliphatic carbocycles. The first-order valence-electron chi connectivity index (χ1n) is 6.36. The molecule has 0 radical (unpaired) electrons. The van der Waals surface area contributed by atoms with Crippen LogP contribution in [-0.4, -0.2) is 7.11 Å². The van der Waals surface area contributed by atoms with Crippen LogP contribution in [0.3, 0.4) is 0 Å². The molecule has 3 rings (SSSR count). The molecule has 2 N–H and O–H groups in total. The molecule has 0 atom stereocenters. The van der Waals surface area contributed by atoms with Gasteiger partial charge in [-0.1, -0.05) is 36.4 Å². The van der Waals surface area contributed by atoms with Crippen molar-refractivity contribution in [2.24, 2.45) is 0 Å². The molecule has 3 aromatic rings. The molecule has 0 unspecified atom stereocenters. The predicted molar refractivity (Wildman–Crippen MR) is 81.4 cm³/mol. The summed E-state index contributed by atoms with van der Waals surface area (Å²) in [7, 11) is 1.61. The van der Waals surface area contributed by atoms with Crippen LogP contribution in [0.2, 0.25) is 0 Å². The molecule has 0 saturated carbocycles. The summed E-state index contributed by atoms with van der Waals surface area (Å²) in [4.78, 5) is 0. The van der Waals surface area contributed by atoms with Gasteiger partial charge in [-0.15, -0.1) is 0 Å². The summed E-state index contributed by atoms with van der Waals surface area (Å²) >= 11 is 0. The molecular formula is C17H15NO2. The van der Waals surface area contributed by atoms with E-state index in [0.717, 1.165) is 16.5 Å². The van der Waals surface area contributed by atoms with E-state index < -0.39 is 0 Å². The van der Waals surface area contributed by atoms with Crippen molar-refractivity contribution in [3.63, 3.8) is 0 Å². The highest BCUT2D eigenvalue weighted by molar-refractivity contribution is 5.88. The number of anilines is 1. The van der Waals surface area contributed by atoms with Crippen molar-refractivity contribution in [1.29, 1.82) is 0 Å². The number of ether oxygens (including phenoxy) is 2. The summed E-state index contributed by atoms with van der Waals surface area (Å²) in [6, 6.07) is 19.4. The third-order valence-electron chi connectivity index (χ3n) is 3.12. The van der Waals surface area contributed by atoms with Crippen molar-refractivity contribution in [1.82, 2.24) is 0 Å². The minimum absolute atomic E-state index is 0.611. The summed E-state index contributed by atoms with van der Waals surface area (Å²) in [5.74, 6) is 2.15. The Morgan fingerprint density at radius 3 is 2.45 bits per heavy atom. The zero-order valence-corrected chi connectivity index (χ0v) is 11.2. The molecule has 0 amide bonds. The lowest BCUT2D eigenvalue weighted by atomic mass is 10.1. The first kappa shape index (κ1) is 12.4. The largest absolute Gasteiger partial charge is 0.497 e. The smallest absolute Gasteiger partial charge is 0.135 e. The molecule has 0 aromatic heterocycles. The average molecular weight is 265 g/mol. The van der Waals surface area contributed by atoms with Gasteiger partial charge in [-0.2, -0.15) is 0 Å². The molecule has 0 heterocycles. The highest BCUT2D eigenvalue weighted by atomic mass is 16.5. The van der Waals surface area contributed by atoms with Crippen molar-refractivity contribution in [2.75, 3.05) is 12.8 Å². The highest BCUT2D eigenvalue weighted by Crippen LogP contribution is 2.32. The zero-order valence-electron chi connectivity index (χ0n) is 11.2. The summed E-state index contributed by atoms with van der Waals surface area (Å²) in [5, 5.41) is 2.21. The molecule has 3 heteroatoms. The van der Waals surface area contributed by atoms with Crippen LogP contribution < -0.4 is 15.2 Å². The van der Waals surface area contributed by atoms with Gasteiger partial charge in [0.15, 0.2) is 0 Å². The van der Waals surface area contributed by atoms with Crippen molar-refractivity contribution < 1.29 is 9.47 Å². The lowest BCUT2D eigenvalue weighted by Gasteiger charge is -2.11. The number of nitrogen functional groups attached to an aromatic ring is 1. The number of fused-ring (bicyclic) bond motifs is 1. The Morgan fingerprint density at radius 1 is 0.850 bits per heavy atom. The number of hydrogen-bond donors (Lipinski definition) is 1. The fraction of sp³-hybridized carbons (Fsp3) is 0.0588. The van der Waals surface area contributed by atoms with Crippen LogP contribution in [0.15, 0.2) is 60.7 Å². The molecule has 0 fully saturated rings. The van der Waals surface area contributed by atoms with Gasteiger partial charge in [0.05, 0.1) is 7.11 Å². The van der Waals surface area contributed by atoms with Crippen molar-refractivity contribution in [2.45, 2.75) is 0 Å². The van der Waals surface area contributed by atoms with E-state index in [1.807, 2.05) is 36.4 Å². The maximum atomic E-state index is 5.95. The third-order valence-corrected chi connectivity index (χ3v) is 3.12. The van der Waals surface area contributed by atoms with E-state index in [9.17, 15) is 0 Å². The van der Waals surface area contributed by atoms with E-state index in [4.69, 9.17) is 15.2 Å². The Bertz CT molecular complexity index is 748. The first-order valence-corrected chi connectivity index (χ1v) is 6.36. The number of hydrogen-bond acceptors (Lipinski definition) is 3. The number of methoxy groups -OCH3 is 1. The van der Waals surface area contributed by atoms with Gasteiger partial charge in [0, 0.05) is 29.3 Å². The molecule has 0 saturated heterocycles. The van der Waals surface area contributed by atoms with E-state index in [2.05, 4.69) is 12.1 Å². The van der Waals surface area contributed by atoms with Crippen molar-refractivity contribution >= 4 is 16.5 Å². The molecule has 100 valence electrons. The van der Waals surface area contributed by atoms with E-state index in [1.54, 1.807) is 19.2 Å². The molecule has 20 heavy (non-hydrogen) atoms. The Hall–Kier alpha value is -2.68. The van der Waals surface area contributed by atoms with Crippen LogP contribution in [0.1, 0.15) is 0 Å². The van der Waals surface area contributed by atoms with Gasteiger partial charge >= 0.3 is 0 Å². The molecule has 0 aliphatic rings. The Kier molecular flexibility index (Phi) is 3.17. The maximum Gasteiger partial charge on any atom is 0.135 e. The second-order valence-electron chi connectivity index (χ2n) is 4.52. The SMILES string of the molecule is COc1cc(N)cc(Oc2cccc3ccccc23)c1. The summed E-state index contributed by atoms with van der Waals surface area (Å²) in [6.45, 7) is 0. The lowest BCUT2D eigenvalue weighted by Crippen LogP contribution is -1.91. The normalized spacial score (nSPS) is 10.4. The van der Waals surface area contributed by atoms with Gasteiger partial charge in [0.1, 0.15) is 17.2 Å². The number of benzene rings is 3. The monoisotopic (exact) mass is 265 g/mol. The lowest BCUT2D eigenvalue weighted by molar-refractivity contribution is 0.410. The standard InChI is InChI=1S/C17H15NO2/c1-19-14-9-13(18)10-15(11-14)20-17-8-4-6-12-5-2-3-7-16(12)17/h2-11H,18H2,1H3. The molecule has 0 bridgehead atoms. The second-order valence-corrected chi connectivity index (χ2v) is 4.52. The Morgan fingerprint density at radius 2 is 1.60 bits per heavy atom. The molecule has 3 aromatic carbocycles. The van der Waals surface area contributed by atoms with Gasteiger partial charge in [-0.05, 0) is 11.5 Å². The van der Waals surface area contributed by atoms with Gasteiger partial charge in [0.2, 0.25) is 0 Å². The van der Waals surface area contributed by atoms with Crippen LogP contribution in [-0.2, 0) is 0 Å². The van der Waals surface area contributed by atoms with E-state index >= 15 is 0 Å². The second kappa shape index (κ2) is 5.13. The average Bonchev–Trinajstić information content (AvgIpc) is 2.47. The summed E-state index contributed by atoms with van der Waals surface area (Å²) in [5.41, 5.74) is 6.45. The Balaban J connectivity index is 2.03. The summed E-state index contributed by atoms with van der Waals surface area (Å²) in [6.07, 6.45) is 0. The van der Waals surface area contributed by atoms with Crippen LogP contribution in [0.25, 0.3) is 10.8 Å². The zero-order chi connectivity index (χ0) is 13.9. The topological polar surface area (TPSA) is 44.5 Å². The van der Waals surface area contributed by atoms with Crippen molar-refractivity contribution in [3.05, 3.63) is 60.7 Å². The molecule has 0 spiro atoms. The number of rotatable bonds is 3. The third kappa shape index (κ3) is 2.38. The van der Waals surface area contributed by atoms with Crippen LogP contribution in [0.4, 0.5) is 5.69 Å². The predicted octanol–water partition coefficient (Wildman–Crippen LogP) is 4.22. The van der Waals surface area contributed by atoms with E-state index in [1.165, 1.54) is 0 Å². The molecular weight excluding hydrogens is 250 g/mol. The minimum Gasteiger partial charge on any atom is -0.497 e. The fourth-order valence-corrected chi connectivity index (χ4v) is 2.18. The Labute approximate surface area is 117 Å². The van der Waals surface area contributed by atoms with Gasteiger partial charge in [0.25, 0.3) is 0 Å². The number of nitrogens with two attached hydrogens (primary N) is 1. The highest BCUT2D eigenvalue weighted by Gasteiger charge is 2.05. The van der Waals surface area contributed by atoms with Crippen molar-refractivity contribution in [3.8, 4) is 17.2 Å². The van der Waals surface area contributed by atoms with Gasteiger partial charge < -0.3 is 15.2 Å². The molecule has 3 nitrogen and oxygen atoms in total. The fourth-order valence-electron chi connectivity index (χ4n) is 2.18. The summed E-state index contributed by atoms with van der Waals surface area (Å²) < 4.78 is 11.2. The quantitative estimate of drug-likeness (QED) is 0.721.